The molecule has 1 saturated heterocycles. The number of methoxy groups -OCH3 is 1. The van der Waals surface area contributed by atoms with Crippen molar-refractivity contribution in [1.29, 1.82) is 0 Å². The first-order chi connectivity index (χ1) is 6.24. The quantitative estimate of drug-likeness (QED) is 0.640. The monoisotopic (exact) mass is 188 g/mol. The van der Waals surface area contributed by atoms with E-state index in [1.807, 2.05) is 13.8 Å². The highest BCUT2D eigenvalue weighted by Crippen LogP contribution is 2.05. The molecule has 1 aliphatic heterocycles. The second-order valence-corrected chi connectivity index (χ2v) is 3.35. The molecule has 0 amide bonds. The van der Waals surface area contributed by atoms with Gasteiger partial charge in [-0.05, 0) is 14.1 Å². The number of hydrogen-bond donors (Lipinski definition) is 0. The van der Waals surface area contributed by atoms with E-state index in [1.54, 1.807) is 7.11 Å². The number of likely N-dealkylation sites (N-methyl/N-ethyl adjacent to an activating group) is 2. The average molecular weight is 188 g/mol. The predicted molar refractivity (Wildman–Crippen MR) is 57.1 cm³/mol. The van der Waals surface area contributed by atoms with E-state index in [-0.39, 0.29) is 0 Å². The normalized spacial score (nSPS) is 25.2. The number of nitrogens with zero attached hydrogens (tertiary/aromatic N) is 2. The van der Waals surface area contributed by atoms with Gasteiger partial charge in [0.1, 0.15) is 0 Å². The largest absolute Gasteiger partial charge is 0.383 e. The molecule has 1 fully saturated rings. The van der Waals surface area contributed by atoms with Crippen molar-refractivity contribution >= 4 is 0 Å². The Labute approximate surface area is 82.7 Å². The molecule has 1 aliphatic rings. The minimum Gasteiger partial charge on any atom is -0.383 e. The Morgan fingerprint density at radius 1 is 1.23 bits per heavy atom. The summed E-state index contributed by atoms with van der Waals surface area (Å²) in [6.45, 7) is 8.31. The molecular formula is C10H24N2O. The third-order valence-electron chi connectivity index (χ3n) is 2.34. The van der Waals surface area contributed by atoms with Crippen LogP contribution in [0.1, 0.15) is 13.8 Å². The van der Waals surface area contributed by atoms with Gasteiger partial charge in [0.2, 0.25) is 0 Å². The molecule has 13 heavy (non-hydrogen) atoms. The Bertz CT molecular complexity index is 119. The van der Waals surface area contributed by atoms with Crippen molar-refractivity contribution in [3.05, 3.63) is 0 Å². The molecule has 0 radical (unpaired) electrons. The van der Waals surface area contributed by atoms with Gasteiger partial charge in [0.05, 0.1) is 6.61 Å². The predicted octanol–water partition coefficient (Wildman–Crippen LogP) is 0.905. The number of piperazine rings is 1. The maximum atomic E-state index is 5.13. The van der Waals surface area contributed by atoms with Crippen molar-refractivity contribution in [2.45, 2.75) is 19.9 Å². The molecule has 1 atom stereocenters. The molecule has 0 aromatic rings. The topological polar surface area (TPSA) is 15.7 Å². The standard InChI is InChI=1S/C8H18N2O.C2H6/c1-9-4-5-10(2)8(6-9)7-11-3;1-2/h8H,4-7H2,1-3H3;1-2H3. The summed E-state index contributed by atoms with van der Waals surface area (Å²) >= 11 is 0. The van der Waals surface area contributed by atoms with Gasteiger partial charge >= 0.3 is 0 Å². The lowest BCUT2D eigenvalue weighted by molar-refractivity contribution is 0.0504. The van der Waals surface area contributed by atoms with Gasteiger partial charge in [-0.25, -0.2) is 0 Å². The minimum absolute atomic E-state index is 0.582. The van der Waals surface area contributed by atoms with Crippen LogP contribution in [0.3, 0.4) is 0 Å². The van der Waals surface area contributed by atoms with E-state index in [1.165, 1.54) is 6.54 Å². The molecular weight excluding hydrogens is 164 g/mol. The highest BCUT2D eigenvalue weighted by molar-refractivity contribution is 4.77. The molecule has 0 bridgehead atoms. The van der Waals surface area contributed by atoms with Crippen LogP contribution in [0.4, 0.5) is 0 Å². The van der Waals surface area contributed by atoms with Crippen molar-refractivity contribution in [1.82, 2.24) is 9.80 Å². The van der Waals surface area contributed by atoms with E-state index < -0.39 is 0 Å². The lowest BCUT2D eigenvalue weighted by Gasteiger charge is -2.37. The first kappa shape index (κ1) is 12.9. The van der Waals surface area contributed by atoms with Gasteiger partial charge in [-0.1, -0.05) is 13.8 Å². The van der Waals surface area contributed by atoms with Crippen LogP contribution < -0.4 is 0 Å². The Hall–Kier alpha value is -0.120. The fourth-order valence-electron chi connectivity index (χ4n) is 1.47. The molecule has 3 nitrogen and oxygen atoms in total. The molecule has 3 heteroatoms. The van der Waals surface area contributed by atoms with Gasteiger partial charge in [-0.15, -0.1) is 0 Å². The number of ether oxygens (including phenoxy) is 1. The summed E-state index contributed by atoms with van der Waals surface area (Å²) in [7, 11) is 6.09. The summed E-state index contributed by atoms with van der Waals surface area (Å²) in [5.74, 6) is 0. The van der Waals surface area contributed by atoms with Crippen molar-refractivity contribution < 1.29 is 4.74 Å². The Morgan fingerprint density at radius 2 is 1.85 bits per heavy atom. The van der Waals surface area contributed by atoms with Crippen LogP contribution in [-0.4, -0.2) is 63.3 Å². The van der Waals surface area contributed by atoms with E-state index in [9.17, 15) is 0 Å². The summed E-state index contributed by atoms with van der Waals surface area (Å²) in [6, 6.07) is 0.582. The SMILES string of the molecule is CC.COCC1CN(C)CCN1C. The molecule has 1 unspecified atom stereocenters. The van der Waals surface area contributed by atoms with Gasteiger partial charge in [-0.2, -0.15) is 0 Å². The van der Waals surface area contributed by atoms with Gasteiger partial charge in [0.15, 0.2) is 0 Å². The van der Waals surface area contributed by atoms with Gasteiger partial charge < -0.3 is 9.64 Å². The third kappa shape index (κ3) is 4.60. The summed E-state index contributed by atoms with van der Waals surface area (Å²) in [5.41, 5.74) is 0. The van der Waals surface area contributed by atoms with E-state index in [2.05, 4.69) is 23.9 Å². The lowest BCUT2D eigenvalue weighted by atomic mass is 10.2. The Morgan fingerprint density at radius 3 is 2.38 bits per heavy atom. The van der Waals surface area contributed by atoms with Crippen LogP contribution >= 0.6 is 0 Å². The number of hydrogen-bond acceptors (Lipinski definition) is 3. The van der Waals surface area contributed by atoms with E-state index in [4.69, 9.17) is 4.74 Å². The summed E-state index contributed by atoms with van der Waals surface area (Å²) < 4.78 is 5.13. The summed E-state index contributed by atoms with van der Waals surface area (Å²) in [4.78, 5) is 4.72. The molecule has 0 saturated carbocycles. The highest BCUT2D eigenvalue weighted by atomic mass is 16.5. The first-order valence-corrected chi connectivity index (χ1v) is 5.11. The second kappa shape index (κ2) is 7.30. The highest BCUT2D eigenvalue weighted by Gasteiger charge is 2.21. The van der Waals surface area contributed by atoms with Gasteiger partial charge in [-0.3, -0.25) is 4.90 Å². The summed E-state index contributed by atoms with van der Waals surface area (Å²) in [6.07, 6.45) is 0. The second-order valence-electron chi connectivity index (χ2n) is 3.35. The smallest absolute Gasteiger partial charge is 0.0630 e. The first-order valence-electron chi connectivity index (χ1n) is 5.11. The van der Waals surface area contributed by atoms with E-state index >= 15 is 0 Å². The van der Waals surface area contributed by atoms with Crippen LogP contribution in [0.5, 0.6) is 0 Å². The zero-order valence-electron chi connectivity index (χ0n) is 9.71. The molecule has 0 aromatic heterocycles. The molecule has 0 spiro atoms. The fourth-order valence-corrected chi connectivity index (χ4v) is 1.47. The van der Waals surface area contributed by atoms with Crippen molar-refractivity contribution in [2.24, 2.45) is 0 Å². The van der Waals surface area contributed by atoms with Gasteiger partial charge in [0.25, 0.3) is 0 Å². The van der Waals surface area contributed by atoms with Crippen molar-refractivity contribution in [2.75, 3.05) is 47.4 Å². The molecule has 0 N–H and O–H groups in total. The van der Waals surface area contributed by atoms with Crippen LogP contribution in [0.15, 0.2) is 0 Å². The lowest BCUT2D eigenvalue weighted by Crippen LogP contribution is -2.51. The molecule has 1 rings (SSSR count). The zero-order valence-corrected chi connectivity index (χ0v) is 9.71. The van der Waals surface area contributed by atoms with Crippen LogP contribution in [0, 0.1) is 0 Å². The molecule has 0 aliphatic carbocycles. The Balaban J connectivity index is 0.000000671. The van der Waals surface area contributed by atoms with Crippen LogP contribution in [0.25, 0.3) is 0 Å². The van der Waals surface area contributed by atoms with Crippen LogP contribution in [0.2, 0.25) is 0 Å². The minimum atomic E-state index is 0.582. The van der Waals surface area contributed by atoms with E-state index in [0.717, 1.165) is 19.7 Å². The molecule has 1 heterocycles. The van der Waals surface area contributed by atoms with Gasteiger partial charge in [0, 0.05) is 32.8 Å². The maximum Gasteiger partial charge on any atom is 0.0630 e. The van der Waals surface area contributed by atoms with Crippen molar-refractivity contribution in [3.8, 4) is 0 Å². The fraction of sp³-hybridized carbons (Fsp3) is 1.00. The number of rotatable bonds is 2. The molecule has 0 aromatic carbocycles. The molecule has 80 valence electrons. The van der Waals surface area contributed by atoms with Crippen LogP contribution in [-0.2, 0) is 4.74 Å². The Kier molecular flexibility index (Phi) is 7.23. The zero-order chi connectivity index (χ0) is 10.3. The maximum absolute atomic E-state index is 5.13. The summed E-state index contributed by atoms with van der Waals surface area (Å²) in [5, 5.41) is 0. The third-order valence-corrected chi connectivity index (χ3v) is 2.34. The average Bonchev–Trinajstić information content (AvgIpc) is 2.15. The van der Waals surface area contributed by atoms with Crippen molar-refractivity contribution in [3.63, 3.8) is 0 Å². The van der Waals surface area contributed by atoms with E-state index in [0.29, 0.717) is 6.04 Å².